The molecule has 0 amide bonds. The van der Waals surface area contributed by atoms with Gasteiger partial charge in [0.2, 0.25) is 0 Å². The van der Waals surface area contributed by atoms with Gasteiger partial charge in [-0.3, -0.25) is 0 Å². The number of hydrogen-bond donors (Lipinski definition) is 0. The van der Waals surface area contributed by atoms with Crippen LogP contribution in [0.25, 0.3) is 0 Å². The van der Waals surface area contributed by atoms with Crippen molar-refractivity contribution >= 4 is 0 Å². The van der Waals surface area contributed by atoms with Crippen LogP contribution in [0, 0.1) is 0 Å². The summed E-state index contributed by atoms with van der Waals surface area (Å²) in [6.45, 7) is 12.3. The third-order valence-corrected chi connectivity index (χ3v) is 3.23. The van der Waals surface area contributed by atoms with Crippen molar-refractivity contribution in [2.75, 3.05) is 13.7 Å². The van der Waals surface area contributed by atoms with Gasteiger partial charge >= 0.3 is 0 Å². The van der Waals surface area contributed by atoms with Gasteiger partial charge in [0.25, 0.3) is 0 Å². The molecule has 114 valence electrons. The van der Waals surface area contributed by atoms with Gasteiger partial charge in [-0.2, -0.15) is 0 Å². The molecule has 0 saturated carbocycles. The number of allylic oxidation sites excluding steroid dienone is 2. The van der Waals surface area contributed by atoms with E-state index in [0.717, 1.165) is 24.2 Å². The summed E-state index contributed by atoms with van der Waals surface area (Å²) in [7, 11) is 1.68. The Kier molecular flexibility index (Phi) is 6.97. The molecule has 0 radical (unpaired) electrons. The molecule has 0 fully saturated rings. The van der Waals surface area contributed by atoms with Crippen LogP contribution in [-0.4, -0.2) is 19.3 Å². The fourth-order valence-electron chi connectivity index (χ4n) is 1.64. The summed E-state index contributed by atoms with van der Waals surface area (Å²) in [5.74, 6) is 0.887. The quantitative estimate of drug-likeness (QED) is 0.611. The Morgan fingerprint density at radius 1 is 1.19 bits per heavy atom. The topological polar surface area (TPSA) is 18.5 Å². The van der Waals surface area contributed by atoms with Gasteiger partial charge in [0, 0.05) is 0 Å². The van der Waals surface area contributed by atoms with Crippen molar-refractivity contribution in [1.29, 1.82) is 0 Å². The Morgan fingerprint density at radius 3 is 2.43 bits per heavy atom. The number of hydrogen-bond acceptors (Lipinski definition) is 2. The van der Waals surface area contributed by atoms with E-state index >= 15 is 0 Å². The van der Waals surface area contributed by atoms with E-state index in [4.69, 9.17) is 9.47 Å². The number of rotatable bonds is 9. The number of methoxy groups -OCH3 is 1. The first-order valence-corrected chi connectivity index (χ1v) is 7.19. The van der Waals surface area contributed by atoms with Crippen LogP contribution in [0.15, 0.2) is 61.2 Å². The smallest absolute Gasteiger partial charge is 0.118 e. The van der Waals surface area contributed by atoms with E-state index < -0.39 is 0 Å². The highest BCUT2D eigenvalue weighted by atomic mass is 16.5. The second-order valence-electron chi connectivity index (χ2n) is 5.57. The van der Waals surface area contributed by atoms with Gasteiger partial charge in [-0.1, -0.05) is 36.9 Å². The standard InChI is InChI=1S/C19H26O2/c1-6-19(3,4)21-15-16(2)9-7-8-10-17-11-13-18(20-5)14-12-17/h6-8,11-14H,1-2,9-10,15H2,3-5H3/b8-7-. The van der Waals surface area contributed by atoms with Gasteiger partial charge in [0.15, 0.2) is 0 Å². The summed E-state index contributed by atoms with van der Waals surface area (Å²) in [4.78, 5) is 0. The van der Waals surface area contributed by atoms with Gasteiger partial charge in [-0.05, 0) is 50.0 Å². The van der Waals surface area contributed by atoms with E-state index in [0.29, 0.717) is 6.61 Å². The van der Waals surface area contributed by atoms with Crippen LogP contribution in [0.3, 0.4) is 0 Å². The van der Waals surface area contributed by atoms with Crippen molar-refractivity contribution in [2.24, 2.45) is 0 Å². The lowest BCUT2D eigenvalue weighted by molar-refractivity contribution is 0.0346. The normalized spacial score (nSPS) is 11.6. The van der Waals surface area contributed by atoms with E-state index in [1.807, 2.05) is 26.0 Å². The van der Waals surface area contributed by atoms with Crippen LogP contribution in [0.4, 0.5) is 0 Å². The van der Waals surface area contributed by atoms with Gasteiger partial charge in [-0.25, -0.2) is 0 Å². The Balaban J connectivity index is 2.30. The zero-order valence-electron chi connectivity index (χ0n) is 13.4. The van der Waals surface area contributed by atoms with Crippen LogP contribution in [0.5, 0.6) is 5.75 Å². The second-order valence-corrected chi connectivity index (χ2v) is 5.57. The molecule has 0 saturated heterocycles. The van der Waals surface area contributed by atoms with E-state index in [1.54, 1.807) is 13.2 Å². The Morgan fingerprint density at radius 2 is 1.86 bits per heavy atom. The summed E-state index contributed by atoms with van der Waals surface area (Å²) in [5, 5.41) is 0. The maximum Gasteiger partial charge on any atom is 0.118 e. The molecule has 0 aliphatic heterocycles. The van der Waals surface area contributed by atoms with Crippen molar-refractivity contribution in [2.45, 2.75) is 32.3 Å². The predicted molar refractivity (Wildman–Crippen MR) is 89.8 cm³/mol. The maximum absolute atomic E-state index is 5.72. The van der Waals surface area contributed by atoms with Crippen LogP contribution in [-0.2, 0) is 11.2 Å². The first-order valence-electron chi connectivity index (χ1n) is 7.19. The summed E-state index contributed by atoms with van der Waals surface area (Å²) in [5.41, 5.74) is 2.04. The molecule has 0 spiro atoms. The third-order valence-electron chi connectivity index (χ3n) is 3.23. The molecule has 2 nitrogen and oxygen atoms in total. The average molecular weight is 286 g/mol. The lowest BCUT2D eigenvalue weighted by Gasteiger charge is -2.21. The molecule has 21 heavy (non-hydrogen) atoms. The number of benzene rings is 1. The minimum Gasteiger partial charge on any atom is -0.497 e. The van der Waals surface area contributed by atoms with E-state index in [2.05, 4.69) is 37.4 Å². The summed E-state index contributed by atoms with van der Waals surface area (Å²) >= 11 is 0. The molecular weight excluding hydrogens is 260 g/mol. The van der Waals surface area contributed by atoms with Crippen molar-refractivity contribution in [3.05, 3.63) is 66.8 Å². The van der Waals surface area contributed by atoms with Gasteiger partial charge in [0.1, 0.15) is 5.75 Å². The van der Waals surface area contributed by atoms with E-state index in [-0.39, 0.29) is 5.60 Å². The zero-order valence-corrected chi connectivity index (χ0v) is 13.4. The first kappa shape index (κ1) is 17.3. The molecule has 0 atom stereocenters. The third kappa shape index (κ3) is 6.96. The van der Waals surface area contributed by atoms with Crippen LogP contribution in [0.2, 0.25) is 0 Å². The molecule has 0 unspecified atom stereocenters. The Labute approximate surface area is 128 Å². The van der Waals surface area contributed by atoms with Crippen LogP contribution < -0.4 is 4.74 Å². The van der Waals surface area contributed by atoms with Crippen LogP contribution >= 0.6 is 0 Å². The monoisotopic (exact) mass is 286 g/mol. The Bertz CT molecular complexity index is 481. The SMILES string of the molecule is C=CC(C)(C)OCC(=C)C/C=C\Cc1ccc(OC)cc1. The molecule has 0 aliphatic rings. The highest BCUT2D eigenvalue weighted by molar-refractivity contribution is 5.28. The lowest BCUT2D eigenvalue weighted by Crippen LogP contribution is -2.21. The highest BCUT2D eigenvalue weighted by Gasteiger charge is 2.12. The van der Waals surface area contributed by atoms with Gasteiger partial charge in [-0.15, -0.1) is 6.58 Å². The Hall–Kier alpha value is -1.80. The fraction of sp³-hybridized carbons (Fsp3) is 0.368. The second kappa shape index (κ2) is 8.48. The predicted octanol–water partition coefficient (Wildman–Crippen LogP) is 4.72. The molecular formula is C19H26O2. The molecule has 0 aliphatic carbocycles. The molecule has 1 aromatic carbocycles. The minimum absolute atomic E-state index is 0.296. The molecule has 1 rings (SSSR count). The molecule has 0 N–H and O–H groups in total. The largest absolute Gasteiger partial charge is 0.497 e. The minimum atomic E-state index is -0.296. The molecule has 0 aromatic heterocycles. The summed E-state index contributed by atoms with van der Waals surface area (Å²) < 4.78 is 10.9. The zero-order chi connectivity index (χ0) is 15.7. The fourth-order valence-corrected chi connectivity index (χ4v) is 1.64. The van der Waals surface area contributed by atoms with E-state index in [9.17, 15) is 0 Å². The first-order chi connectivity index (χ1) is 9.96. The molecule has 1 aromatic rings. The van der Waals surface area contributed by atoms with Crippen molar-refractivity contribution in [3.8, 4) is 5.75 Å². The van der Waals surface area contributed by atoms with Crippen molar-refractivity contribution in [3.63, 3.8) is 0 Å². The van der Waals surface area contributed by atoms with Gasteiger partial charge < -0.3 is 9.47 Å². The molecule has 0 bridgehead atoms. The summed E-state index contributed by atoms with van der Waals surface area (Å²) in [6.07, 6.45) is 7.85. The van der Waals surface area contributed by atoms with E-state index in [1.165, 1.54) is 5.56 Å². The average Bonchev–Trinajstić information content (AvgIpc) is 2.50. The highest BCUT2D eigenvalue weighted by Crippen LogP contribution is 2.14. The number of ether oxygens (including phenoxy) is 2. The van der Waals surface area contributed by atoms with Crippen molar-refractivity contribution in [1.82, 2.24) is 0 Å². The maximum atomic E-state index is 5.72. The molecule has 0 heterocycles. The van der Waals surface area contributed by atoms with Gasteiger partial charge in [0.05, 0.1) is 19.3 Å². The molecule has 2 heteroatoms. The van der Waals surface area contributed by atoms with Crippen LogP contribution in [0.1, 0.15) is 25.8 Å². The summed E-state index contributed by atoms with van der Waals surface area (Å²) in [6, 6.07) is 8.11. The lowest BCUT2D eigenvalue weighted by atomic mass is 10.1. The van der Waals surface area contributed by atoms with Crippen molar-refractivity contribution < 1.29 is 9.47 Å².